The van der Waals surface area contributed by atoms with Crippen molar-refractivity contribution in [3.05, 3.63) is 60.2 Å². The maximum atomic E-state index is 13.3. The molecule has 0 aliphatic carbocycles. The molecule has 1 N–H and O–H groups in total. The molecule has 3 heterocycles. The lowest BCUT2D eigenvalue weighted by atomic mass is 9.98. The third-order valence-electron chi connectivity index (χ3n) is 4.88. The summed E-state index contributed by atoms with van der Waals surface area (Å²) in [5, 5.41) is 3.43. The maximum Gasteiger partial charge on any atom is 0.230 e. The zero-order valence-electron chi connectivity index (χ0n) is 14.8. The standard InChI is InChI=1S/C20H26N4O/c1-16(17-6-4-11-22-14-17)20(25)24(15-18-7-2-3-12-23-18)19-8-5-10-21-13-9-19/h2-4,6-7,11-12,14,16,19,21H,5,8-10,13,15H2,1H3/t16-,19+/m1/s1. The summed E-state index contributed by atoms with van der Waals surface area (Å²) in [6.07, 6.45) is 8.43. The Morgan fingerprint density at radius 1 is 1.24 bits per heavy atom. The van der Waals surface area contributed by atoms with Gasteiger partial charge in [0.1, 0.15) is 0 Å². The van der Waals surface area contributed by atoms with Crippen LogP contribution in [0.5, 0.6) is 0 Å². The fraction of sp³-hybridized carbons (Fsp3) is 0.450. The lowest BCUT2D eigenvalue weighted by molar-refractivity contribution is -0.135. The second-order valence-corrected chi connectivity index (χ2v) is 6.63. The topological polar surface area (TPSA) is 58.1 Å². The summed E-state index contributed by atoms with van der Waals surface area (Å²) in [5.74, 6) is -0.0424. The van der Waals surface area contributed by atoms with Crippen LogP contribution in [-0.2, 0) is 11.3 Å². The molecule has 2 aromatic rings. The molecular weight excluding hydrogens is 312 g/mol. The van der Waals surface area contributed by atoms with Crippen molar-refractivity contribution in [3.8, 4) is 0 Å². The fourth-order valence-electron chi connectivity index (χ4n) is 3.39. The van der Waals surface area contributed by atoms with Gasteiger partial charge in [-0.05, 0) is 63.0 Å². The molecule has 1 fully saturated rings. The van der Waals surface area contributed by atoms with Gasteiger partial charge in [-0.15, -0.1) is 0 Å². The van der Waals surface area contributed by atoms with E-state index < -0.39 is 0 Å². The molecule has 2 atom stereocenters. The van der Waals surface area contributed by atoms with Crippen LogP contribution in [0.25, 0.3) is 0 Å². The van der Waals surface area contributed by atoms with Gasteiger partial charge in [0.2, 0.25) is 5.91 Å². The summed E-state index contributed by atoms with van der Waals surface area (Å²) in [7, 11) is 0. The molecule has 3 rings (SSSR count). The van der Waals surface area contributed by atoms with Crippen LogP contribution < -0.4 is 5.32 Å². The van der Waals surface area contributed by atoms with E-state index in [-0.39, 0.29) is 17.9 Å². The van der Waals surface area contributed by atoms with Gasteiger partial charge >= 0.3 is 0 Å². The summed E-state index contributed by atoms with van der Waals surface area (Å²) in [5.41, 5.74) is 1.90. The van der Waals surface area contributed by atoms with Crippen LogP contribution in [0.4, 0.5) is 0 Å². The van der Waals surface area contributed by atoms with E-state index in [0.717, 1.165) is 43.6 Å². The van der Waals surface area contributed by atoms with E-state index in [4.69, 9.17) is 0 Å². The molecule has 25 heavy (non-hydrogen) atoms. The minimum Gasteiger partial charge on any atom is -0.333 e. The van der Waals surface area contributed by atoms with E-state index >= 15 is 0 Å². The Morgan fingerprint density at radius 2 is 2.16 bits per heavy atom. The molecule has 0 bridgehead atoms. The number of carbonyl (C=O) groups is 1. The third kappa shape index (κ3) is 4.63. The van der Waals surface area contributed by atoms with Crippen molar-refractivity contribution in [3.63, 3.8) is 0 Å². The summed E-state index contributed by atoms with van der Waals surface area (Å²) < 4.78 is 0. The smallest absolute Gasteiger partial charge is 0.230 e. The number of rotatable bonds is 5. The number of carbonyl (C=O) groups excluding carboxylic acids is 1. The monoisotopic (exact) mass is 338 g/mol. The van der Waals surface area contributed by atoms with E-state index in [1.165, 1.54) is 0 Å². The molecule has 132 valence electrons. The van der Waals surface area contributed by atoms with Gasteiger partial charge in [0.15, 0.2) is 0 Å². The zero-order chi connectivity index (χ0) is 17.5. The van der Waals surface area contributed by atoms with Crippen LogP contribution in [0, 0.1) is 0 Å². The van der Waals surface area contributed by atoms with Crippen molar-refractivity contribution in [2.45, 2.75) is 44.7 Å². The van der Waals surface area contributed by atoms with E-state index in [0.29, 0.717) is 6.54 Å². The van der Waals surface area contributed by atoms with Crippen LogP contribution in [0.3, 0.4) is 0 Å². The molecule has 5 nitrogen and oxygen atoms in total. The Labute approximate surface area is 149 Å². The number of nitrogens with zero attached hydrogens (tertiary/aromatic N) is 3. The second-order valence-electron chi connectivity index (χ2n) is 6.63. The van der Waals surface area contributed by atoms with Gasteiger partial charge in [-0.3, -0.25) is 14.8 Å². The highest BCUT2D eigenvalue weighted by Crippen LogP contribution is 2.23. The minimum atomic E-state index is -0.200. The summed E-state index contributed by atoms with van der Waals surface area (Å²) in [4.78, 5) is 23.9. The van der Waals surface area contributed by atoms with Gasteiger partial charge in [0.05, 0.1) is 18.2 Å². The van der Waals surface area contributed by atoms with E-state index in [9.17, 15) is 4.79 Å². The highest BCUT2D eigenvalue weighted by atomic mass is 16.2. The van der Waals surface area contributed by atoms with Gasteiger partial charge in [0, 0.05) is 24.6 Å². The molecular formula is C20H26N4O. The highest BCUT2D eigenvalue weighted by Gasteiger charge is 2.29. The molecule has 5 heteroatoms. The average Bonchev–Trinajstić information content (AvgIpc) is 2.96. The van der Waals surface area contributed by atoms with Crippen LogP contribution in [-0.4, -0.2) is 39.9 Å². The molecule has 0 radical (unpaired) electrons. The van der Waals surface area contributed by atoms with Crippen molar-refractivity contribution in [1.29, 1.82) is 0 Å². The number of hydrogen-bond donors (Lipinski definition) is 1. The number of amides is 1. The number of pyridine rings is 2. The first-order chi connectivity index (χ1) is 12.3. The van der Waals surface area contributed by atoms with E-state index in [1.807, 2.05) is 42.2 Å². The molecule has 0 unspecified atom stereocenters. The summed E-state index contributed by atoms with van der Waals surface area (Å²) in [6.45, 7) is 4.52. The molecule has 0 spiro atoms. The number of hydrogen-bond acceptors (Lipinski definition) is 4. The van der Waals surface area contributed by atoms with E-state index in [2.05, 4.69) is 15.3 Å². The average molecular weight is 338 g/mol. The van der Waals surface area contributed by atoms with E-state index in [1.54, 1.807) is 18.6 Å². The van der Waals surface area contributed by atoms with Crippen molar-refractivity contribution in [1.82, 2.24) is 20.2 Å². The maximum absolute atomic E-state index is 13.3. The molecule has 0 aromatic carbocycles. The Hall–Kier alpha value is -2.27. The predicted molar refractivity (Wildman–Crippen MR) is 97.9 cm³/mol. The normalized spacial score (nSPS) is 19.0. The van der Waals surface area contributed by atoms with Crippen LogP contribution in [0.2, 0.25) is 0 Å². The molecule has 1 amide bonds. The largest absolute Gasteiger partial charge is 0.333 e. The quantitative estimate of drug-likeness (QED) is 0.911. The zero-order valence-corrected chi connectivity index (χ0v) is 14.8. The van der Waals surface area contributed by atoms with Gasteiger partial charge in [-0.2, -0.15) is 0 Å². The molecule has 2 aromatic heterocycles. The third-order valence-corrected chi connectivity index (χ3v) is 4.88. The van der Waals surface area contributed by atoms with Crippen molar-refractivity contribution >= 4 is 5.91 Å². The first-order valence-electron chi connectivity index (χ1n) is 9.06. The lowest BCUT2D eigenvalue weighted by Crippen LogP contribution is -2.42. The molecule has 1 aliphatic rings. The first-order valence-corrected chi connectivity index (χ1v) is 9.06. The first kappa shape index (κ1) is 17.5. The Balaban J connectivity index is 1.82. The molecule has 0 saturated carbocycles. The van der Waals surface area contributed by atoms with Crippen molar-refractivity contribution < 1.29 is 4.79 Å². The van der Waals surface area contributed by atoms with Crippen molar-refractivity contribution in [2.75, 3.05) is 13.1 Å². The predicted octanol–water partition coefficient (Wildman–Crippen LogP) is 2.75. The highest BCUT2D eigenvalue weighted by molar-refractivity contribution is 5.83. The van der Waals surface area contributed by atoms with Crippen LogP contribution in [0.15, 0.2) is 48.9 Å². The van der Waals surface area contributed by atoms with Gasteiger partial charge in [-0.25, -0.2) is 0 Å². The number of aromatic nitrogens is 2. The molecule has 1 aliphatic heterocycles. The minimum absolute atomic E-state index is 0.158. The second kappa shape index (κ2) is 8.72. The lowest BCUT2D eigenvalue weighted by Gasteiger charge is -2.33. The number of nitrogens with one attached hydrogen (secondary N) is 1. The van der Waals surface area contributed by atoms with Gasteiger partial charge < -0.3 is 10.2 Å². The Bertz CT molecular complexity index is 654. The molecule has 1 saturated heterocycles. The van der Waals surface area contributed by atoms with Gasteiger partial charge in [-0.1, -0.05) is 12.1 Å². The Morgan fingerprint density at radius 3 is 2.92 bits per heavy atom. The summed E-state index contributed by atoms with van der Waals surface area (Å²) in [6, 6.07) is 9.99. The van der Waals surface area contributed by atoms with Crippen molar-refractivity contribution in [2.24, 2.45) is 0 Å². The fourth-order valence-corrected chi connectivity index (χ4v) is 3.39. The Kier molecular flexibility index (Phi) is 6.12. The summed E-state index contributed by atoms with van der Waals surface area (Å²) >= 11 is 0. The van der Waals surface area contributed by atoms with Crippen LogP contribution in [0.1, 0.15) is 43.4 Å². The SMILES string of the molecule is C[C@@H](C(=O)N(Cc1ccccn1)[C@H]1CCCNCC1)c1cccnc1. The van der Waals surface area contributed by atoms with Gasteiger partial charge in [0.25, 0.3) is 0 Å². The van der Waals surface area contributed by atoms with Crippen LogP contribution >= 0.6 is 0 Å².